The third-order valence-corrected chi connectivity index (χ3v) is 4.01. The molecule has 1 unspecified atom stereocenters. The van der Waals surface area contributed by atoms with E-state index < -0.39 is 0 Å². The number of fused-ring (bicyclic) bond motifs is 1. The van der Waals surface area contributed by atoms with Crippen LogP contribution in [0.25, 0.3) is 5.65 Å². The largest absolute Gasteiger partial charge is 0.307 e. The molecule has 2 aromatic heterocycles. The highest BCUT2D eigenvalue weighted by molar-refractivity contribution is 5.39. The fourth-order valence-electron chi connectivity index (χ4n) is 3.03. The van der Waals surface area contributed by atoms with Crippen LogP contribution in [0.2, 0.25) is 0 Å². The Morgan fingerprint density at radius 1 is 1.33 bits per heavy atom. The van der Waals surface area contributed by atoms with Gasteiger partial charge in [0, 0.05) is 24.9 Å². The maximum atomic E-state index is 4.71. The first-order valence-electron chi connectivity index (χ1n) is 7.03. The molecule has 3 rings (SSSR count). The number of likely N-dealkylation sites (tertiary alicyclic amines) is 1. The fraction of sp³-hybridized carbons (Fsp3) is 0.533. The molecule has 1 aliphatic heterocycles. The van der Waals surface area contributed by atoms with Crippen molar-refractivity contribution < 1.29 is 0 Å². The van der Waals surface area contributed by atoms with E-state index in [0.29, 0.717) is 6.04 Å². The van der Waals surface area contributed by atoms with Crippen molar-refractivity contribution >= 4 is 5.65 Å². The zero-order valence-corrected chi connectivity index (χ0v) is 11.0. The van der Waals surface area contributed by atoms with Crippen LogP contribution in [0.4, 0.5) is 0 Å². The summed E-state index contributed by atoms with van der Waals surface area (Å²) in [6.45, 7) is 4.69. The lowest BCUT2D eigenvalue weighted by Crippen LogP contribution is -2.40. The zero-order valence-electron chi connectivity index (χ0n) is 11.0. The van der Waals surface area contributed by atoms with Crippen LogP contribution in [-0.4, -0.2) is 33.4 Å². The average molecular weight is 243 g/mol. The maximum Gasteiger partial charge on any atom is 0.136 e. The van der Waals surface area contributed by atoms with Gasteiger partial charge in [0.05, 0.1) is 5.69 Å². The molecule has 2 aromatic rings. The predicted octanol–water partition coefficient (Wildman–Crippen LogP) is 2.75. The SMILES string of the molecule is CCN1CCCCC1Cc1cn2ccccc2n1. The van der Waals surface area contributed by atoms with Crippen molar-refractivity contribution in [3.63, 3.8) is 0 Å². The predicted molar refractivity (Wildman–Crippen MR) is 73.8 cm³/mol. The number of piperidine rings is 1. The van der Waals surface area contributed by atoms with Crippen molar-refractivity contribution in [2.75, 3.05) is 13.1 Å². The number of likely N-dealkylation sites (N-methyl/N-ethyl adjacent to an activating group) is 1. The molecule has 0 aromatic carbocycles. The third-order valence-electron chi connectivity index (χ3n) is 4.01. The lowest BCUT2D eigenvalue weighted by Gasteiger charge is -2.34. The second-order valence-electron chi connectivity index (χ2n) is 5.18. The molecule has 0 amide bonds. The minimum Gasteiger partial charge on any atom is -0.307 e. The second kappa shape index (κ2) is 5.11. The van der Waals surface area contributed by atoms with Crippen molar-refractivity contribution in [1.29, 1.82) is 0 Å². The monoisotopic (exact) mass is 243 g/mol. The van der Waals surface area contributed by atoms with Crippen LogP contribution >= 0.6 is 0 Å². The van der Waals surface area contributed by atoms with Gasteiger partial charge in [0.15, 0.2) is 0 Å². The first-order chi connectivity index (χ1) is 8.86. The minimum absolute atomic E-state index is 0.689. The number of hydrogen-bond acceptors (Lipinski definition) is 2. The zero-order chi connectivity index (χ0) is 12.4. The Bertz CT molecular complexity index is 484. The molecule has 1 atom stereocenters. The van der Waals surface area contributed by atoms with Gasteiger partial charge in [-0.25, -0.2) is 4.98 Å². The van der Waals surface area contributed by atoms with E-state index in [2.05, 4.69) is 40.8 Å². The standard InChI is InChI=1S/C15H21N3/c1-2-17-9-5-3-7-14(17)11-13-12-18-10-6-4-8-15(18)16-13/h4,6,8,10,12,14H,2-3,5,7,9,11H2,1H3. The summed E-state index contributed by atoms with van der Waals surface area (Å²) < 4.78 is 2.12. The van der Waals surface area contributed by atoms with Crippen LogP contribution in [0.1, 0.15) is 31.9 Å². The van der Waals surface area contributed by atoms with Crippen LogP contribution in [0, 0.1) is 0 Å². The van der Waals surface area contributed by atoms with Crippen LogP contribution in [-0.2, 0) is 6.42 Å². The van der Waals surface area contributed by atoms with E-state index >= 15 is 0 Å². The van der Waals surface area contributed by atoms with Gasteiger partial charge in [0.1, 0.15) is 5.65 Å². The van der Waals surface area contributed by atoms with E-state index in [4.69, 9.17) is 4.98 Å². The summed E-state index contributed by atoms with van der Waals surface area (Å²) in [4.78, 5) is 7.32. The number of aromatic nitrogens is 2. The fourth-order valence-corrected chi connectivity index (χ4v) is 3.03. The summed E-state index contributed by atoms with van der Waals surface area (Å²) in [6.07, 6.45) is 9.39. The Morgan fingerprint density at radius 2 is 2.28 bits per heavy atom. The molecule has 0 aliphatic carbocycles. The number of nitrogens with zero attached hydrogens (tertiary/aromatic N) is 3. The molecule has 96 valence electrons. The Kier molecular flexibility index (Phi) is 3.33. The topological polar surface area (TPSA) is 20.5 Å². The summed E-state index contributed by atoms with van der Waals surface area (Å²) in [5.41, 5.74) is 2.29. The van der Waals surface area contributed by atoms with Crippen molar-refractivity contribution in [1.82, 2.24) is 14.3 Å². The lowest BCUT2D eigenvalue weighted by molar-refractivity contribution is 0.155. The summed E-state index contributed by atoms with van der Waals surface area (Å²) in [5.74, 6) is 0. The highest BCUT2D eigenvalue weighted by atomic mass is 15.2. The van der Waals surface area contributed by atoms with Gasteiger partial charge in [0.2, 0.25) is 0 Å². The van der Waals surface area contributed by atoms with Gasteiger partial charge in [-0.3, -0.25) is 0 Å². The molecular weight excluding hydrogens is 222 g/mol. The molecule has 18 heavy (non-hydrogen) atoms. The molecule has 1 fully saturated rings. The molecule has 1 saturated heterocycles. The highest BCUT2D eigenvalue weighted by Crippen LogP contribution is 2.20. The van der Waals surface area contributed by atoms with Gasteiger partial charge in [-0.2, -0.15) is 0 Å². The van der Waals surface area contributed by atoms with Gasteiger partial charge in [-0.15, -0.1) is 0 Å². The van der Waals surface area contributed by atoms with Gasteiger partial charge < -0.3 is 9.30 Å². The molecule has 3 nitrogen and oxygen atoms in total. The second-order valence-corrected chi connectivity index (χ2v) is 5.18. The Hall–Kier alpha value is -1.35. The Labute approximate surface area is 108 Å². The number of rotatable bonds is 3. The third kappa shape index (κ3) is 2.27. The highest BCUT2D eigenvalue weighted by Gasteiger charge is 2.21. The number of hydrogen-bond donors (Lipinski definition) is 0. The lowest BCUT2D eigenvalue weighted by atomic mass is 9.98. The summed E-state index contributed by atoms with van der Waals surface area (Å²) >= 11 is 0. The minimum atomic E-state index is 0.689. The van der Waals surface area contributed by atoms with E-state index in [0.717, 1.165) is 18.6 Å². The van der Waals surface area contributed by atoms with Crippen molar-refractivity contribution in [3.05, 3.63) is 36.3 Å². The molecule has 3 heteroatoms. The molecule has 0 saturated carbocycles. The van der Waals surface area contributed by atoms with Crippen molar-refractivity contribution in [3.8, 4) is 0 Å². The van der Waals surface area contributed by atoms with Gasteiger partial charge in [-0.05, 0) is 38.1 Å². The van der Waals surface area contributed by atoms with Gasteiger partial charge >= 0.3 is 0 Å². The molecule has 1 aliphatic rings. The Morgan fingerprint density at radius 3 is 3.11 bits per heavy atom. The van der Waals surface area contributed by atoms with Crippen molar-refractivity contribution in [2.24, 2.45) is 0 Å². The van der Waals surface area contributed by atoms with E-state index in [1.54, 1.807) is 0 Å². The first-order valence-corrected chi connectivity index (χ1v) is 7.03. The van der Waals surface area contributed by atoms with Crippen molar-refractivity contribution in [2.45, 2.75) is 38.6 Å². The van der Waals surface area contributed by atoms with Crippen LogP contribution < -0.4 is 0 Å². The van der Waals surface area contributed by atoms with Crippen LogP contribution in [0.15, 0.2) is 30.6 Å². The molecule has 0 spiro atoms. The van der Waals surface area contributed by atoms with E-state index in [-0.39, 0.29) is 0 Å². The number of pyridine rings is 1. The smallest absolute Gasteiger partial charge is 0.136 e. The van der Waals surface area contributed by atoms with E-state index in [1.807, 2.05) is 6.07 Å². The maximum absolute atomic E-state index is 4.71. The van der Waals surface area contributed by atoms with Crippen LogP contribution in [0.5, 0.6) is 0 Å². The molecular formula is C15H21N3. The summed E-state index contributed by atoms with van der Waals surface area (Å²) in [6, 6.07) is 6.86. The van der Waals surface area contributed by atoms with E-state index in [1.165, 1.54) is 31.5 Å². The summed E-state index contributed by atoms with van der Waals surface area (Å²) in [5, 5.41) is 0. The first kappa shape index (κ1) is 11.7. The normalized spacial score (nSPS) is 21.5. The molecule has 0 radical (unpaired) electrons. The van der Waals surface area contributed by atoms with Gasteiger partial charge in [0.25, 0.3) is 0 Å². The molecule has 0 bridgehead atoms. The number of imidazole rings is 1. The molecule has 0 N–H and O–H groups in total. The quantitative estimate of drug-likeness (QED) is 0.826. The van der Waals surface area contributed by atoms with Gasteiger partial charge in [-0.1, -0.05) is 19.4 Å². The average Bonchev–Trinajstić information content (AvgIpc) is 2.81. The molecule has 3 heterocycles. The van der Waals surface area contributed by atoms with E-state index in [9.17, 15) is 0 Å². The van der Waals surface area contributed by atoms with Crippen LogP contribution in [0.3, 0.4) is 0 Å². The Balaban J connectivity index is 1.78. The summed E-state index contributed by atoms with van der Waals surface area (Å²) in [7, 11) is 0.